The van der Waals surface area contributed by atoms with Crippen LogP contribution in [0.2, 0.25) is 5.02 Å². The maximum absolute atomic E-state index is 6.29. The van der Waals surface area contributed by atoms with Crippen LogP contribution in [0.5, 0.6) is 11.5 Å². The number of likely N-dealkylation sites (tertiary alicyclic amines) is 1. The van der Waals surface area contributed by atoms with E-state index in [1.165, 1.54) is 24.8 Å². The lowest BCUT2D eigenvalue weighted by molar-refractivity contribution is 0.143. The van der Waals surface area contributed by atoms with Gasteiger partial charge in [-0.1, -0.05) is 18.0 Å². The van der Waals surface area contributed by atoms with Gasteiger partial charge < -0.3 is 15.2 Å². The molecule has 0 bridgehead atoms. The lowest BCUT2D eigenvalue weighted by atomic mass is 10.0. The van der Waals surface area contributed by atoms with Crippen molar-refractivity contribution in [1.29, 1.82) is 0 Å². The first-order chi connectivity index (χ1) is 9.78. The second kappa shape index (κ2) is 7.54. The van der Waals surface area contributed by atoms with Gasteiger partial charge in [-0.15, -0.1) is 12.4 Å². The van der Waals surface area contributed by atoms with Crippen molar-refractivity contribution in [3.8, 4) is 11.5 Å². The number of halogens is 2. The van der Waals surface area contributed by atoms with E-state index in [0.29, 0.717) is 30.0 Å². The van der Waals surface area contributed by atoms with E-state index in [2.05, 4.69) is 4.90 Å². The predicted molar refractivity (Wildman–Crippen MR) is 86.8 cm³/mol. The van der Waals surface area contributed by atoms with Crippen molar-refractivity contribution in [2.45, 2.75) is 31.8 Å². The second-order valence-electron chi connectivity index (χ2n) is 5.46. The quantitative estimate of drug-likeness (QED) is 0.924. The summed E-state index contributed by atoms with van der Waals surface area (Å²) in [6.45, 7) is 3.85. The van der Waals surface area contributed by atoms with Crippen molar-refractivity contribution < 1.29 is 9.47 Å². The molecule has 0 aliphatic carbocycles. The van der Waals surface area contributed by atoms with Crippen LogP contribution in [-0.2, 0) is 6.54 Å². The third-order valence-electron chi connectivity index (χ3n) is 4.06. The van der Waals surface area contributed by atoms with Gasteiger partial charge in [-0.25, -0.2) is 0 Å². The molecule has 4 nitrogen and oxygen atoms in total. The Morgan fingerprint density at radius 2 is 2.05 bits per heavy atom. The first kappa shape index (κ1) is 16.7. The standard InChI is InChI=1S/C15H21ClN2O2.ClH/c16-13-7-11(8-14-15(13)20-6-5-19-14)10-18-4-2-1-3-12(18)9-17;/h7-8,12H,1-6,9-10,17H2;1H. The monoisotopic (exact) mass is 332 g/mol. The Morgan fingerprint density at radius 3 is 2.86 bits per heavy atom. The van der Waals surface area contributed by atoms with Crippen molar-refractivity contribution in [3.05, 3.63) is 22.7 Å². The number of hydrogen-bond acceptors (Lipinski definition) is 4. The summed E-state index contributed by atoms with van der Waals surface area (Å²) in [4.78, 5) is 2.45. The van der Waals surface area contributed by atoms with Gasteiger partial charge in [-0.2, -0.15) is 0 Å². The molecule has 2 heterocycles. The molecule has 0 aromatic heterocycles. The molecule has 3 rings (SSSR count). The molecule has 1 unspecified atom stereocenters. The summed E-state index contributed by atoms with van der Waals surface area (Å²) in [5.74, 6) is 1.44. The smallest absolute Gasteiger partial charge is 0.179 e. The average Bonchev–Trinajstić information content (AvgIpc) is 2.48. The van der Waals surface area contributed by atoms with Crippen LogP contribution in [0.1, 0.15) is 24.8 Å². The van der Waals surface area contributed by atoms with Crippen molar-refractivity contribution >= 4 is 24.0 Å². The number of hydrogen-bond donors (Lipinski definition) is 1. The Bertz CT molecular complexity index is 485. The van der Waals surface area contributed by atoms with E-state index in [-0.39, 0.29) is 12.4 Å². The number of piperidine rings is 1. The number of nitrogens with two attached hydrogens (primary N) is 1. The van der Waals surface area contributed by atoms with Gasteiger partial charge in [0, 0.05) is 19.1 Å². The summed E-state index contributed by atoms with van der Waals surface area (Å²) in [6, 6.07) is 4.51. The van der Waals surface area contributed by atoms with Gasteiger partial charge in [0.2, 0.25) is 0 Å². The van der Waals surface area contributed by atoms with E-state index in [9.17, 15) is 0 Å². The van der Waals surface area contributed by atoms with E-state index in [1.807, 2.05) is 12.1 Å². The Balaban J connectivity index is 0.00000161. The molecule has 21 heavy (non-hydrogen) atoms. The van der Waals surface area contributed by atoms with E-state index in [0.717, 1.165) is 25.4 Å². The first-order valence-corrected chi connectivity index (χ1v) is 7.68. The number of ether oxygens (including phenoxy) is 2. The van der Waals surface area contributed by atoms with Crippen LogP contribution in [0.25, 0.3) is 0 Å². The lowest BCUT2D eigenvalue weighted by Gasteiger charge is -2.35. The summed E-state index contributed by atoms with van der Waals surface area (Å²) in [5, 5.41) is 0.638. The number of fused-ring (bicyclic) bond motifs is 1. The fourth-order valence-electron chi connectivity index (χ4n) is 3.03. The highest BCUT2D eigenvalue weighted by molar-refractivity contribution is 6.32. The summed E-state index contributed by atoms with van der Waals surface area (Å²) in [6.07, 6.45) is 3.71. The van der Waals surface area contributed by atoms with Gasteiger partial charge in [0.15, 0.2) is 11.5 Å². The molecule has 0 spiro atoms. The number of nitrogens with zero attached hydrogens (tertiary/aromatic N) is 1. The van der Waals surface area contributed by atoms with Gasteiger partial charge in [0.25, 0.3) is 0 Å². The van der Waals surface area contributed by atoms with Crippen molar-refractivity contribution in [3.63, 3.8) is 0 Å². The SMILES string of the molecule is Cl.NCC1CCCCN1Cc1cc(Cl)c2c(c1)OCCO2. The van der Waals surface area contributed by atoms with E-state index in [1.54, 1.807) is 0 Å². The van der Waals surface area contributed by atoms with Crippen molar-refractivity contribution in [1.82, 2.24) is 4.90 Å². The van der Waals surface area contributed by atoms with Gasteiger partial charge in [0.05, 0.1) is 5.02 Å². The molecule has 2 aliphatic heterocycles. The zero-order chi connectivity index (χ0) is 13.9. The fraction of sp³-hybridized carbons (Fsp3) is 0.600. The van der Waals surface area contributed by atoms with E-state index < -0.39 is 0 Å². The zero-order valence-corrected chi connectivity index (χ0v) is 13.6. The average molecular weight is 333 g/mol. The Kier molecular flexibility index (Phi) is 5.99. The van der Waals surface area contributed by atoms with Crippen LogP contribution in [0.15, 0.2) is 12.1 Å². The third kappa shape index (κ3) is 3.75. The summed E-state index contributed by atoms with van der Waals surface area (Å²) >= 11 is 6.29. The van der Waals surface area contributed by atoms with Gasteiger partial charge in [-0.3, -0.25) is 4.90 Å². The number of benzene rings is 1. The molecule has 1 fully saturated rings. The van der Waals surface area contributed by atoms with Crippen LogP contribution in [0.3, 0.4) is 0 Å². The molecule has 1 saturated heterocycles. The molecule has 0 saturated carbocycles. The Labute approximate surface area is 136 Å². The minimum atomic E-state index is 0. The highest BCUT2D eigenvalue weighted by Crippen LogP contribution is 2.38. The van der Waals surface area contributed by atoms with Crippen LogP contribution >= 0.6 is 24.0 Å². The molecule has 1 aromatic rings. The van der Waals surface area contributed by atoms with Crippen LogP contribution in [-0.4, -0.2) is 37.2 Å². The molecule has 118 valence electrons. The van der Waals surface area contributed by atoms with Gasteiger partial charge >= 0.3 is 0 Å². The molecule has 2 aliphatic rings. The third-order valence-corrected chi connectivity index (χ3v) is 4.34. The molecule has 2 N–H and O–H groups in total. The van der Waals surface area contributed by atoms with Crippen LogP contribution in [0.4, 0.5) is 0 Å². The van der Waals surface area contributed by atoms with Crippen LogP contribution < -0.4 is 15.2 Å². The van der Waals surface area contributed by atoms with Crippen LogP contribution in [0, 0.1) is 0 Å². The zero-order valence-electron chi connectivity index (χ0n) is 12.0. The maximum Gasteiger partial charge on any atom is 0.179 e. The maximum atomic E-state index is 6.29. The fourth-order valence-corrected chi connectivity index (χ4v) is 3.31. The van der Waals surface area contributed by atoms with Gasteiger partial charge in [-0.05, 0) is 37.1 Å². The van der Waals surface area contributed by atoms with E-state index >= 15 is 0 Å². The highest BCUT2D eigenvalue weighted by Gasteiger charge is 2.23. The van der Waals surface area contributed by atoms with Gasteiger partial charge in [0.1, 0.15) is 13.2 Å². The van der Waals surface area contributed by atoms with Crippen molar-refractivity contribution in [2.24, 2.45) is 5.73 Å². The molecular formula is C15H22Cl2N2O2. The molecular weight excluding hydrogens is 311 g/mol. The first-order valence-electron chi connectivity index (χ1n) is 7.30. The minimum Gasteiger partial charge on any atom is -0.486 e. The normalized spacial score (nSPS) is 21.7. The topological polar surface area (TPSA) is 47.7 Å². The summed E-state index contributed by atoms with van der Waals surface area (Å²) < 4.78 is 11.2. The Hall–Kier alpha value is -0.680. The largest absolute Gasteiger partial charge is 0.486 e. The molecule has 6 heteroatoms. The molecule has 1 atom stereocenters. The van der Waals surface area contributed by atoms with E-state index in [4.69, 9.17) is 26.8 Å². The molecule has 0 radical (unpaired) electrons. The van der Waals surface area contributed by atoms with Crippen molar-refractivity contribution in [2.75, 3.05) is 26.3 Å². The number of rotatable bonds is 3. The molecule has 0 amide bonds. The predicted octanol–water partition coefficient (Wildman–Crippen LogP) is 2.85. The minimum absolute atomic E-state index is 0. The summed E-state index contributed by atoms with van der Waals surface area (Å²) in [5.41, 5.74) is 7.04. The second-order valence-corrected chi connectivity index (χ2v) is 5.86. The summed E-state index contributed by atoms with van der Waals surface area (Å²) in [7, 11) is 0. The Morgan fingerprint density at radius 1 is 1.24 bits per heavy atom. The highest BCUT2D eigenvalue weighted by atomic mass is 35.5. The lowest BCUT2D eigenvalue weighted by Crippen LogP contribution is -2.43. The molecule has 1 aromatic carbocycles.